The van der Waals surface area contributed by atoms with Crippen LogP contribution in [0.4, 0.5) is 0 Å². The average molecular weight is 277 g/mol. The van der Waals surface area contributed by atoms with Crippen molar-refractivity contribution in [3.05, 3.63) is 24.0 Å². The molecule has 1 aliphatic rings. The second kappa shape index (κ2) is 5.18. The van der Waals surface area contributed by atoms with Gasteiger partial charge in [0.15, 0.2) is 0 Å². The fourth-order valence-corrected chi connectivity index (χ4v) is 1.89. The largest absolute Gasteiger partial charge is 0.494 e. The Kier molecular flexibility index (Phi) is 3.89. The van der Waals surface area contributed by atoms with E-state index in [1.54, 1.807) is 25.3 Å². The Balaban J connectivity index is 2.23. The SMILES string of the molecule is CCOC(=O)c1cc(B2OC(C)(C)C(C)(C)O2)ccn1. The summed E-state index contributed by atoms with van der Waals surface area (Å²) in [5, 5.41) is 0. The van der Waals surface area contributed by atoms with Gasteiger partial charge in [0.25, 0.3) is 0 Å². The molecule has 0 N–H and O–H groups in total. The number of hydrogen-bond acceptors (Lipinski definition) is 5. The van der Waals surface area contributed by atoms with Crippen molar-refractivity contribution in [2.75, 3.05) is 6.61 Å². The van der Waals surface area contributed by atoms with Crippen LogP contribution in [0.2, 0.25) is 0 Å². The predicted molar refractivity (Wildman–Crippen MR) is 75.9 cm³/mol. The van der Waals surface area contributed by atoms with Gasteiger partial charge in [-0.15, -0.1) is 0 Å². The summed E-state index contributed by atoms with van der Waals surface area (Å²) < 4.78 is 16.8. The standard InChI is InChI=1S/C14H20BNO4/c1-6-18-12(17)11-9-10(7-8-16-11)15-19-13(2,3)14(4,5)20-15/h7-9H,6H2,1-5H3. The number of aromatic nitrogens is 1. The zero-order chi connectivity index (χ0) is 15.0. The van der Waals surface area contributed by atoms with E-state index < -0.39 is 24.3 Å². The molecule has 1 aromatic rings. The number of ether oxygens (including phenoxy) is 1. The number of esters is 1. The number of hydrogen-bond donors (Lipinski definition) is 0. The number of nitrogens with zero attached hydrogens (tertiary/aromatic N) is 1. The minimum Gasteiger partial charge on any atom is -0.461 e. The van der Waals surface area contributed by atoms with Crippen LogP contribution in [0.25, 0.3) is 0 Å². The fourth-order valence-electron chi connectivity index (χ4n) is 1.89. The van der Waals surface area contributed by atoms with Gasteiger partial charge in [-0.25, -0.2) is 9.78 Å². The number of carbonyl (C=O) groups excluding carboxylic acids is 1. The maximum Gasteiger partial charge on any atom is 0.494 e. The van der Waals surface area contributed by atoms with E-state index in [1.165, 1.54) is 0 Å². The van der Waals surface area contributed by atoms with E-state index in [0.717, 1.165) is 5.46 Å². The van der Waals surface area contributed by atoms with Crippen LogP contribution in [-0.4, -0.2) is 35.9 Å². The van der Waals surface area contributed by atoms with Gasteiger partial charge in [0.05, 0.1) is 17.8 Å². The third-order valence-electron chi connectivity index (χ3n) is 3.79. The van der Waals surface area contributed by atoms with Gasteiger partial charge in [-0.2, -0.15) is 0 Å². The van der Waals surface area contributed by atoms with Crippen LogP contribution in [0.3, 0.4) is 0 Å². The van der Waals surface area contributed by atoms with Gasteiger partial charge in [-0.3, -0.25) is 0 Å². The van der Waals surface area contributed by atoms with Crippen LogP contribution < -0.4 is 5.46 Å². The maximum atomic E-state index is 11.7. The Hall–Kier alpha value is -1.40. The Bertz CT molecular complexity index is 500. The first-order chi connectivity index (χ1) is 9.27. The lowest BCUT2D eigenvalue weighted by molar-refractivity contribution is 0.00578. The maximum absolute atomic E-state index is 11.7. The van der Waals surface area contributed by atoms with Gasteiger partial charge in [-0.1, -0.05) is 0 Å². The number of carbonyl (C=O) groups is 1. The molecule has 5 nitrogen and oxygen atoms in total. The third-order valence-corrected chi connectivity index (χ3v) is 3.79. The van der Waals surface area contributed by atoms with Crippen molar-refractivity contribution >= 4 is 18.6 Å². The fraction of sp³-hybridized carbons (Fsp3) is 0.571. The van der Waals surface area contributed by atoms with E-state index in [9.17, 15) is 4.79 Å². The van der Waals surface area contributed by atoms with Crippen LogP contribution in [0.1, 0.15) is 45.1 Å². The molecule has 1 aliphatic heterocycles. The molecule has 0 bridgehead atoms. The molecule has 1 aromatic heterocycles. The molecule has 1 fully saturated rings. The molecule has 20 heavy (non-hydrogen) atoms. The molecular weight excluding hydrogens is 257 g/mol. The molecule has 0 atom stereocenters. The molecule has 108 valence electrons. The molecule has 0 unspecified atom stereocenters. The van der Waals surface area contributed by atoms with E-state index in [2.05, 4.69) is 4.98 Å². The summed E-state index contributed by atoms with van der Waals surface area (Å²) in [5.74, 6) is -0.439. The summed E-state index contributed by atoms with van der Waals surface area (Å²) in [4.78, 5) is 15.7. The van der Waals surface area contributed by atoms with Crippen molar-refractivity contribution in [1.82, 2.24) is 4.98 Å². The first-order valence-corrected chi connectivity index (χ1v) is 6.75. The van der Waals surface area contributed by atoms with Crippen molar-refractivity contribution in [3.63, 3.8) is 0 Å². The summed E-state index contributed by atoms with van der Waals surface area (Å²) in [6, 6.07) is 3.44. The quantitative estimate of drug-likeness (QED) is 0.620. The highest BCUT2D eigenvalue weighted by molar-refractivity contribution is 6.62. The lowest BCUT2D eigenvalue weighted by atomic mass is 9.79. The summed E-state index contributed by atoms with van der Waals surface area (Å²) in [5.41, 5.74) is 0.205. The monoisotopic (exact) mass is 277 g/mol. The number of rotatable bonds is 3. The minimum absolute atomic E-state index is 0.263. The molecule has 2 heterocycles. The van der Waals surface area contributed by atoms with Crippen LogP contribution in [0.5, 0.6) is 0 Å². The first-order valence-electron chi connectivity index (χ1n) is 6.75. The van der Waals surface area contributed by atoms with Crippen molar-refractivity contribution in [2.45, 2.75) is 45.8 Å². The van der Waals surface area contributed by atoms with Gasteiger partial charge < -0.3 is 14.0 Å². The lowest BCUT2D eigenvalue weighted by Crippen LogP contribution is -2.41. The molecule has 0 aliphatic carbocycles. The normalized spacial score (nSPS) is 19.9. The highest BCUT2D eigenvalue weighted by Crippen LogP contribution is 2.36. The summed E-state index contributed by atoms with van der Waals surface area (Å²) >= 11 is 0. The van der Waals surface area contributed by atoms with Crippen molar-refractivity contribution in [2.24, 2.45) is 0 Å². The van der Waals surface area contributed by atoms with Crippen LogP contribution in [-0.2, 0) is 14.0 Å². The van der Waals surface area contributed by atoms with E-state index in [0.29, 0.717) is 6.61 Å². The molecular formula is C14H20BNO4. The zero-order valence-corrected chi connectivity index (χ0v) is 12.6. The third kappa shape index (κ3) is 2.71. The van der Waals surface area contributed by atoms with Crippen LogP contribution >= 0.6 is 0 Å². The zero-order valence-electron chi connectivity index (χ0n) is 12.6. The smallest absolute Gasteiger partial charge is 0.461 e. The van der Waals surface area contributed by atoms with Gasteiger partial charge in [0, 0.05) is 6.20 Å². The molecule has 0 aromatic carbocycles. The molecule has 6 heteroatoms. The van der Waals surface area contributed by atoms with Crippen LogP contribution in [0, 0.1) is 0 Å². The van der Waals surface area contributed by atoms with Gasteiger partial charge in [-0.05, 0) is 52.2 Å². The molecule has 0 saturated carbocycles. The number of pyridine rings is 1. The van der Waals surface area contributed by atoms with Gasteiger partial charge >= 0.3 is 13.1 Å². The summed E-state index contributed by atoms with van der Waals surface area (Å²) in [6.07, 6.45) is 1.56. The average Bonchev–Trinajstić information content (AvgIpc) is 2.59. The molecule has 0 amide bonds. The van der Waals surface area contributed by atoms with Crippen molar-refractivity contribution in [1.29, 1.82) is 0 Å². The van der Waals surface area contributed by atoms with E-state index >= 15 is 0 Å². The topological polar surface area (TPSA) is 57.7 Å². The highest BCUT2D eigenvalue weighted by Gasteiger charge is 2.51. The Morgan fingerprint density at radius 2 is 1.90 bits per heavy atom. The Labute approximate surface area is 119 Å². The molecule has 0 spiro atoms. The van der Waals surface area contributed by atoms with E-state index in [1.807, 2.05) is 27.7 Å². The second-order valence-electron chi connectivity index (χ2n) is 5.78. The lowest BCUT2D eigenvalue weighted by Gasteiger charge is -2.32. The predicted octanol–water partition coefficient (Wildman–Crippen LogP) is 1.56. The van der Waals surface area contributed by atoms with Crippen molar-refractivity contribution < 1.29 is 18.8 Å². The Morgan fingerprint density at radius 3 is 2.45 bits per heavy atom. The molecule has 1 saturated heterocycles. The van der Waals surface area contributed by atoms with E-state index in [-0.39, 0.29) is 5.69 Å². The second-order valence-corrected chi connectivity index (χ2v) is 5.78. The van der Waals surface area contributed by atoms with Crippen molar-refractivity contribution in [3.8, 4) is 0 Å². The minimum atomic E-state index is -0.504. The Morgan fingerprint density at radius 1 is 1.30 bits per heavy atom. The van der Waals surface area contributed by atoms with Crippen LogP contribution in [0.15, 0.2) is 18.3 Å². The highest BCUT2D eigenvalue weighted by atomic mass is 16.7. The summed E-state index contributed by atoms with van der Waals surface area (Å²) in [7, 11) is -0.504. The summed E-state index contributed by atoms with van der Waals surface area (Å²) in [6.45, 7) is 10.0. The first kappa shape index (κ1) is 15.0. The molecule has 2 rings (SSSR count). The van der Waals surface area contributed by atoms with Gasteiger partial charge in [0.2, 0.25) is 0 Å². The van der Waals surface area contributed by atoms with Gasteiger partial charge in [0.1, 0.15) is 5.69 Å². The molecule has 0 radical (unpaired) electrons. The van der Waals surface area contributed by atoms with E-state index in [4.69, 9.17) is 14.0 Å².